The molecule has 0 amide bonds. The number of hydrogen-bond acceptors (Lipinski definition) is 2. The van der Waals surface area contributed by atoms with Gasteiger partial charge >= 0.3 is 0 Å². The Labute approximate surface area is 48.2 Å². The van der Waals surface area contributed by atoms with Gasteiger partial charge in [0.25, 0.3) is 0 Å². The van der Waals surface area contributed by atoms with E-state index in [1.807, 2.05) is 0 Å². The minimum Gasteiger partial charge on any atom is -0.275 e. The Morgan fingerprint density at radius 2 is 2.29 bits per heavy atom. The topological polar surface area (TPSA) is 12.4 Å². The molecule has 2 heteroatoms. The zero-order valence-electron chi connectivity index (χ0n) is 3.92. The first-order chi connectivity index (χ1) is 3.50. The molecule has 37 valence electrons. The summed E-state index contributed by atoms with van der Waals surface area (Å²) in [4.78, 5) is 3.80. The molecule has 0 atom stereocenters. The summed E-state index contributed by atoms with van der Waals surface area (Å²) in [5, 5.41) is 0. The fraction of sp³-hybridized carbons (Fsp3) is 0.400. The van der Waals surface area contributed by atoms with Crippen molar-refractivity contribution in [2.75, 3.05) is 12.3 Å². The number of aliphatic imine (C=N–C) groups is 1. The molecule has 1 aliphatic rings. The highest BCUT2D eigenvalue weighted by Gasteiger charge is 1.87. The molecule has 1 rings (SSSR count). The van der Waals surface area contributed by atoms with E-state index in [0.717, 1.165) is 12.3 Å². The summed E-state index contributed by atoms with van der Waals surface area (Å²) in [5.74, 6) is 1.14. The van der Waals surface area contributed by atoms with Crippen LogP contribution in [0.2, 0.25) is 0 Å². The smallest absolute Gasteiger partial charge is 0.122 e. The van der Waals surface area contributed by atoms with Crippen LogP contribution in [0.5, 0.6) is 0 Å². The Morgan fingerprint density at radius 1 is 1.57 bits per heavy atom. The van der Waals surface area contributed by atoms with Gasteiger partial charge in [-0.1, -0.05) is 0 Å². The summed E-state index contributed by atoms with van der Waals surface area (Å²) < 4.78 is 0. The van der Waals surface area contributed by atoms with Crippen molar-refractivity contribution in [3.63, 3.8) is 0 Å². The van der Waals surface area contributed by atoms with Crippen LogP contribution in [0.4, 0.5) is 0 Å². The minimum atomic E-state index is 0.977. The van der Waals surface area contributed by atoms with Crippen molar-refractivity contribution in [3.05, 3.63) is 0 Å². The zero-order chi connectivity index (χ0) is 5.54. The summed E-state index contributed by atoms with van der Waals surface area (Å²) in [7, 11) is 0. The van der Waals surface area contributed by atoms with E-state index in [-0.39, 0.29) is 0 Å². The summed E-state index contributed by atoms with van der Waals surface area (Å²) in [6, 6.07) is 0. The largest absolute Gasteiger partial charge is 0.275 e. The van der Waals surface area contributed by atoms with Crippen LogP contribution in [0.1, 0.15) is 0 Å². The van der Waals surface area contributed by atoms with Gasteiger partial charge in [-0.15, -0.1) is 24.6 Å². The Balaban J connectivity index is 0.000000162. The second-order valence-corrected chi connectivity index (χ2v) is 1.70. The minimum absolute atomic E-state index is 0.977. The van der Waals surface area contributed by atoms with Gasteiger partial charge in [-0.3, -0.25) is 4.99 Å². The number of thioether (sulfide) groups is 1. The molecule has 1 nitrogen and oxygen atoms in total. The van der Waals surface area contributed by atoms with Gasteiger partial charge in [-0.05, 0) is 0 Å². The lowest BCUT2D eigenvalue weighted by molar-refractivity contribution is 1.18. The van der Waals surface area contributed by atoms with Crippen LogP contribution < -0.4 is 0 Å². The molecule has 0 saturated heterocycles. The van der Waals surface area contributed by atoms with Gasteiger partial charge in [0.15, 0.2) is 0 Å². The van der Waals surface area contributed by atoms with Crippen LogP contribution in [0.15, 0.2) is 4.99 Å². The Kier molecular flexibility index (Phi) is 5.25. The highest BCUT2D eigenvalue weighted by atomic mass is 32.2. The highest BCUT2D eigenvalue weighted by Crippen LogP contribution is 1.99. The maximum absolute atomic E-state index is 4.00. The van der Waals surface area contributed by atoms with Gasteiger partial charge < -0.3 is 0 Å². The first kappa shape index (κ1) is 6.58. The van der Waals surface area contributed by atoms with E-state index in [1.54, 1.807) is 11.8 Å². The molecule has 0 bridgehead atoms. The Hall–Kier alpha value is -0.420. The van der Waals surface area contributed by atoms with Gasteiger partial charge in [0.2, 0.25) is 0 Å². The van der Waals surface area contributed by atoms with E-state index in [9.17, 15) is 0 Å². The van der Waals surface area contributed by atoms with Crippen LogP contribution in [-0.4, -0.2) is 17.8 Å². The third kappa shape index (κ3) is 3.41. The first-order valence-corrected chi connectivity index (χ1v) is 2.85. The molecule has 0 aromatic carbocycles. The number of terminal acetylenes is 1. The summed E-state index contributed by atoms with van der Waals surface area (Å²) in [6.45, 7) is 0.977. The van der Waals surface area contributed by atoms with E-state index >= 15 is 0 Å². The van der Waals surface area contributed by atoms with Crippen LogP contribution in [0.25, 0.3) is 0 Å². The quantitative estimate of drug-likeness (QED) is 0.424. The number of hydrogen-bond donors (Lipinski definition) is 0. The summed E-state index contributed by atoms with van der Waals surface area (Å²) in [5.41, 5.74) is 2.76. The van der Waals surface area contributed by atoms with Crippen molar-refractivity contribution >= 4 is 17.3 Å². The molecule has 0 N–H and O–H groups in total. The first-order valence-electron chi connectivity index (χ1n) is 1.87. The fourth-order valence-electron chi connectivity index (χ4n) is 0.228. The van der Waals surface area contributed by atoms with Gasteiger partial charge in [0.1, 0.15) is 5.55 Å². The molecule has 0 aromatic rings. The lowest BCUT2D eigenvalue weighted by Gasteiger charge is -1.66. The lowest BCUT2D eigenvalue weighted by Crippen LogP contribution is -1.69. The molecule has 0 fully saturated rings. The maximum Gasteiger partial charge on any atom is 0.122 e. The molecule has 0 unspecified atom stereocenters. The van der Waals surface area contributed by atoms with Crippen molar-refractivity contribution in [3.8, 4) is 12.8 Å². The van der Waals surface area contributed by atoms with Crippen molar-refractivity contribution in [1.29, 1.82) is 0 Å². The summed E-state index contributed by atoms with van der Waals surface area (Å²) >= 11 is 1.66. The number of nitrogens with zero attached hydrogens (tertiary/aromatic N) is 1. The van der Waals surface area contributed by atoms with Gasteiger partial charge in [0, 0.05) is 12.3 Å². The summed E-state index contributed by atoms with van der Waals surface area (Å²) in [6.07, 6.45) is 8.00. The fourth-order valence-corrected chi connectivity index (χ4v) is 0.685. The number of rotatable bonds is 0. The average molecular weight is 112 g/mol. The molecular weight excluding hydrogens is 106 g/mol. The van der Waals surface area contributed by atoms with Crippen molar-refractivity contribution in [2.45, 2.75) is 0 Å². The third-order valence-corrected chi connectivity index (χ3v) is 1.08. The van der Waals surface area contributed by atoms with E-state index in [4.69, 9.17) is 0 Å². The molecule has 0 aliphatic carbocycles. The van der Waals surface area contributed by atoms with Gasteiger partial charge in [0.05, 0.1) is 0 Å². The predicted octanol–water partition coefficient (Wildman–Crippen LogP) is 0.888. The molecule has 1 heterocycles. The molecule has 7 heavy (non-hydrogen) atoms. The Morgan fingerprint density at radius 3 is 2.43 bits per heavy atom. The van der Waals surface area contributed by atoms with Crippen LogP contribution in [0.3, 0.4) is 0 Å². The molecule has 0 spiro atoms. The second-order valence-electron chi connectivity index (χ2n) is 0.821. The van der Waals surface area contributed by atoms with Crippen molar-refractivity contribution in [1.82, 2.24) is 0 Å². The van der Waals surface area contributed by atoms with E-state index < -0.39 is 0 Å². The van der Waals surface area contributed by atoms with E-state index in [1.165, 1.54) is 0 Å². The van der Waals surface area contributed by atoms with Crippen LogP contribution in [-0.2, 0) is 0 Å². The normalized spacial score (nSPS) is 15.1. The SMILES string of the molecule is C#C.[C]1=NCCS1. The molecule has 1 aliphatic heterocycles. The molecule has 0 saturated carbocycles. The van der Waals surface area contributed by atoms with E-state index in [2.05, 4.69) is 23.4 Å². The average Bonchev–Trinajstić information content (AvgIpc) is 2.23. The molecular formula is C5H6NS. The third-order valence-electron chi connectivity index (χ3n) is 0.434. The predicted molar refractivity (Wildman–Crippen MR) is 34.6 cm³/mol. The van der Waals surface area contributed by atoms with Crippen LogP contribution in [0, 0.1) is 12.8 Å². The highest BCUT2D eigenvalue weighted by molar-refractivity contribution is 8.12. The van der Waals surface area contributed by atoms with Crippen LogP contribution >= 0.6 is 11.8 Å². The molecule has 1 radical (unpaired) electrons. The second kappa shape index (κ2) is 5.58. The monoisotopic (exact) mass is 112 g/mol. The lowest BCUT2D eigenvalue weighted by atomic mass is 10.8. The van der Waals surface area contributed by atoms with Gasteiger partial charge in [-0.2, -0.15) is 0 Å². The zero-order valence-corrected chi connectivity index (χ0v) is 4.74. The van der Waals surface area contributed by atoms with Crippen molar-refractivity contribution in [2.24, 2.45) is 4.99 Å². The molecule has 0 aromatic heterocycles. The van der Waals surface area contributed by atoms with E-state index in [0.29, 0.717) is 0 Å². The van der Waals surface area contributed by atoms with Gasteiger partial charge in [-0.25, -0.2) is 0 Å². The standard InChI is InChI=1S/C3H4NS.C2H2/c1-2-5-3-4-1;1-2/h1-2H2;1-2H. The Bertz CT molecular complexity index is 69.4. The maximum atomic E-state index is 4.00. The van der Waals surface area contributed by atoms with Crippen molar-refractivity contribution < 1.29 is 0 Å².